The molecule has 3 rings (SSSR count). The Kier molecular flexibility index (Phi) is 5.49. The number of likely N-dealkylation sites (N-methyl/N-ethyl adjacent to an activating group) is 1. The van der Waals surface area contributed by atoms with Crippen LogP contribution in [0.5, 0.6) is 5.75 Å². The number of amides is 1. The predicted octanol–water partition coefficient (Wildman–Crippen LogP) is 2.74. The Morgan fingerprint density at radius 3 is 2.71 bits per heavy atom. The second-order valence-corrected chi connectivity index (χ2v) is 6.29. The number of para-hydroxylation sites is 1. The molecule has 1 N–H and O–H groups in total. The van der Waals surface area contributed by atoms with E-state index in [-0.39, 0.29) is 12.0 Å². The standard InChI is InChI=1S/C20H24N2O2/c1-22(15-18-14-17-10-5-6-11-19(17)24-18)13-7-12-21-20(23)16-8-3-2-4-9-16/h2-6,8-11,18H,7,12-15H2,1H3,(H,21,23). The highest BCUT2D eigenvalue weighted by Gasteiger charge is 2.23. The minimum atomic E-state index is -0.00664. The summed E-state index contributed by atoms with van der Waals surface area (Å²) in [6, 6.07) is 17.6. The number of rotatable bonds is 7. The van der Waals surface area contributed by atoms with E-state index in [1.165, 1.54) is 5.56 Å². The zero-order valence-electron chi connectivity index (χ0n) is 14.1. The lowest BCUT2D eigenvalue weighted by Gasteiger charge is -2.20. The number of carbonyl (C=O) groups excluding carboxylic acids is 1. The van der Waals surface area contributed by atoms with Crippen molar-refractivity contribution >= 4 is 5.91 Å². The van der Waals surface area contributed by atoms with Gasteiger partial charge in [-0.3, -0.25) is 4.79 Å². The molecule has 0 saturated heterocycles. The number of benzene rings is 2. The van der Waals surface area contributed by atoms with Gasteiger partial charge in [-0.25, -0.2) is 0 Å². The lowest BCUT2D eigenvalue weighted by molar-refractivity contribution is 0.0950. The third kappa shape index (κ3) is 4.36. The van der Waals surface area contributed by atoms with Crippen LogP contribution in [0.15, 0.2) is 54.6 Å². The van der Waals surface area contributed by atoms with Crippen molar-refractivity contribution in [1.29, 1.82) is 0 Å². The van der Waals surface area contributed by atoms with Crippen LogP contribution in [0.3, 0.4) is 0 Å². The summed E-state index contributed by atoms with van der Waals surface area (Å²) in [4.78, 5) is 14.2. The fourth-order valence-corrected chi connectivity index (χ4v) is 3.04. The van der Waals surface area contributed by atoms with E-state index in [9.17, 15) is 4.79 Å². The fraction of sp³-hybridized carbons (Fsp3) is 0.350. The molecule has 0 bridgehead atoms. The Hall–Kier alpha value is -2.33. The minimum absolute atomic E-state index is 0.00664. The molecule has 24 heavy (non-hydrogen) atoms. The van der Waals surface area contributed by atoms with Gasteiger partial charge in [-0.05, 0) is 43.8 Å². The molecule has 4 nitrogen and oxygen atoms in total. The van der Waals surface area contributed by atoms with E-state index in [2.05, 4.69) is 29.4 Å². The summed E-state index contributed by atoms with van der Waals surface area (Å²) in [6.07, 6.45) is 2.13. The molecule has 1 atom stereocenters. The van der Waals surface area contributed by atoms with E-state index >= 15 is 0 Å². The molecule has 0 aliphatic carbocycles. The largest absolute Gasteiger partial charge is 0.488 e. The van der Waals surface area contributed by atoms with Gasteiger partial charge in [0.05, 0.1) is 0 Å². The molecule has 1 heterocycles. The molecule has 2 aromatic carbocycles. The Balaban J connectivity index is 1.34. The van der Waals surface area contributed by atoms with Gasteiger partial charge in [0.15, 0.2) is 0 Å². The average Bonchev–Trinajstić information content (AvgIpc) is 3.01. The number of hydrogen-bond donors (Lipinski definition) is 1. The van der Waals surface area contributed by atoms with Crippen molar-refractivity contribution in [2.75, 3.05) is 26.7 Å². The third-order valence-electron chi connectivity index (χ3n) is 4.27. The van der Waals surface area contributed by atoms with Crippen molar-refractivity contribution in [1.82, 2.24) is 10.2 Å². The first-order valence-electron chi connectivity index (χ1n) is 8.49. The average molecular weight is 324 g/mol. The fourth-order valence-electron chi connectivity index (χ4n) is 3.04. The Labute approximate surface area is 143 Å². The quantitative estimate of drug-likeness (QED) is 0.796. The lowest BCUT2D eigenvalue weighted by Crippen LogP contribution is -2.34. The normalized spacial score (nSPS) is 15.8. The zero-order valence-corrected chi connectivity index (χ0v) is 14.1. The molecule has 1 unspecified atom stereocenters. The maximum Gasteiger partial charge on any atom is 0.251 e. The zero-order chi connectivity index (χ0) is 16.8. The van der Waals surface area contributed by atoms with Crippen LogP contribution in [0, 0.1) is 0 Å². The number of hydrogen-bond acceptors (Lipinski definition) is 3. The van der Waals surface area contributed by atoms with E-state index in [1.807, 2.05) is 42.5 Å². The van der Waals surface area contributed by atoms with Crippen molar-refractivity contribution in [2.45, 2.75) is 18.9 Å². The number of nitrogens with zero attached hydrogens (tertiary/aromatic N) is 1. The Morgan fingerprint density at radius 1 is 1.17 bits per heavy atom. The molecular weight excluding hydrogens is 300 g/mol. The summed E-state index contributed by atoms with van der Waals surface area (Å²) in [5.74, 6) is 1.01. The van der Waals surface area contributed by atoms with Gasteiger partial charge in [0.1, 0.15) is 11.9 Å². The van der Waals surface area contributed by atoms with Crippen molar-refractivity contribution in [2.24, 2.45) is 0 Å². The molecule has 0 radical (unpaired) electrons. The van der Waals surface area contributed by atoms with Gasteiger partial charge in [0.2, 0.25) is 0 Å². The van der Waals surface area contributed by atoms with Gasteiger partial charge in [-0.15, -0.1) is 0 Å². The summed E-state index contributed by atoms with van der Waals surface area (Å²) in [5.41, 5.74) is 2.01. The highest BCUT2D eigenvalue weighted by atomic mass is 16.5. The van der Waals surface area contributed by atoms with Crippen LogP contribution in [0.2, 0.25) is 0 Å². The molecule has 1 aliphatic heterocycles. The molecule has 126 valence electrons. The van der Waals surface area contributed by atoms with Gasteiger partial charge in [-0.2, -0.15) is 0 Å². The second kappa shape index (κ2) is 7.97. The first kappa shape index (κ1) is 16.5. The predicted molar refractivity (Wildman–Crippen MR) is 95.5 cm³/mol. The molecule has 0 saturated carbocycles. The summed E-state index contributed by atoms with van der Waals surface area (Å²) in [7, 11) is 2.10. The van der Waals surface area contributed by atoms with Gasteiger partial charge >= 0.3 is 0 Å². The van der Waals surface area contributed by atoms with E-state index in [0.717, 1.165) is 31.7 Å². The number of fused-ring (bicyclic) bond motifs is 1. The second-order valence-electron chi connectivity index (χ2n) is 6.29. The van der Waals surface area contributed by atoms with Crippen LogP contribution in [0.1, 0.15) is 22.3 Å². The summed E-state index contributed by atoms with van der Waals surface area (Å²) in [5, 5.41) is 2.97. The van der Waals surface area contributed by atoms with Gasteiger partial charge in [0.25, 0.3) is 5.91 Å². The smallest absolute Gasteiger partial charge is 0.251 e. The van der Waals surface area contributed by atoms with Crippen molar-refractivity contribution in [3.8, 4) is 5.75 Å². The highest BCUT2D eigenvalue weighted by Crippen LogP contribution is 2.28. The number of carbonyl (C=O) groups is 1. The van der Waals surface area contributed by atoms with Crippen LogP contribution in [-0.2, 0) is 6.42 Å². The van der Waals surface area contributed by atoms with Crippen molar-refractivity contribution in [3.63, 3.8) is 0 Å². The minimum Gasteiger partial charge on any atom is -0.488 e. The first-order valence-corrected chi connectivity index (χ1v) is 8.49. The van der Waals surface area contributed by atoms with E-state index in [4.69, 9.17) is 4.74 Å². The molecule has 1 amide bonds. The van der Waals surface area contributed by atoms with E-state index in [1.54, 1.807) is 0 Å². The first-order chi connectivity index (χ1) is 11.7. The van der Waals surface area contributed by atoms with Gasteiger partial charge < -0.3 is 15.0 Å². The third-order valence-corrected chi connectivity index (χ3v) is 4.27. The highest BCUT2D eigenvalue weighted by molar-refractivity contribution is 5.94. The molecule has 2 aromatic rings. The molecule has 4 heteroatoms. The lowest BCUT2D eigenvalue weighted by atomic mass is 10.1. The molecular formula is C20H24N2O2. The molecule has 0 aromatic heterocycles. The molecule has 1 aliphatic rings. The monoisotopic (exact) mass is 324 g/mol. The van der Waals surface area contributed by atoms with Crippen LogP contribution in [0.25, 0.3) is 0 Å². The van der Waals surface area contributed by atoms with E-state index in [0.29, 0.717) is 12.1 Å². The van der Waals surface area contributed by atoms with E-state index < -0.39 is 0 Å². The maximum atomic E-state index is 11.9. The van der Waals surface area contributed by atoms with Crippen molar-refractivity contribution in [3.05, 3.63) is 65.7 Å². The molecule has 0 spiro atoms. The SMILES string of the molecule is CN(CCCNC(=O)c1ccccc1)CC1Cc2ccccc2O1. The van der Waals surface area contributed by atoms with Crippen molar-refractivity contribution < 1.29 is 9.53 Å². The summed E-state index contributed by atoms with van der Waals surface area (Å²) in [6.45, 7) is 2.52. The van der Waals surface area contributed by atoms with Crippen LogP contribution >= 0.6 is 0 Å². The maximum absolute atomic E-state index is 11.9. The molecule has 0 fully saturated rings. The van der Waals surface area contributed by atoms with Crippen LogP contribution in [-0.4, -0.2) is 43.6 Å². The summed E-state index contributed by atoms with van der Waals surface area (Å²) < 4.78 is 5.97. The topological polar surface area (TPSA) is 41.6 Å². The van der Waals surface area contributed by atoms with Gasteiger partial charge in [-0.1, -0.05) is 36.4 Å². The number of nitrogens with one attached hydrogen (secondary N) is 1. The van der Waals surface area contributed by atoms with Crippen LogP contribution in [0.4, 0.5) is 0 Å². The summed E-state index contributed by atoms with van der Waals surface area (Å²) >= 11 is 0. The van der Waals surface area contributed by atoms with Gasteiger partial charge in [0, 0.05) is 25.1 Å². The Morgan fingerprint density at radius 2 is 1.92 bits per heavy atom. The van der Waals surface area contributed by atoms with Crippen LogP contribution < -0.4 is 10.1 Å². The number of ether oxygens (including phenoxy) is 1. The Bertz CT molecular complexity index is 647.